The van der Waals surface area contributed by atoms with Gasteiger partial charge < -0.3 is 10.4 Å². The molecule has 1 unspecified atom stereocenters. The van der Waals surface area contributed by atoms with Crippen LogP contribution in [0.15, 0.2) is 18.2 Å². The summed E-state index contributed by atoms with van der Waals surface area (Å²) in [6.07, 6.45) is 1.52. The molecule has 1 aromatic carbocycles. The smallest absolute Gasteiger partial charge is 0.126 e. The second-order valence-electron chi connectivity index (χ2n) is 5.14. The van der Waals surface area contributed by atoms with Crippen molar-refractivity contribution in [2.24, 2.45) is 0 Å². The van der Waals surface area contributed by atoms with Crippen LogP contribution in [0.5, 0.6) is 0 Å². The van der Waals surface area contributed by atoms with Crippen LogP contribution in [0.2, 0.25) is 0 Å². The number of halogens is 2. The molecule has 5 heteroatoms. The first-order chi connectivity index (χ1) is 8.98. The minimum absolute atomic E-state index is 0.191. The van der Waals surface area contributed by atoms with E-state index in [1.807, 2.05) is 18.7 Å². The van der Waals surface area contributed by atoms with Gasteiger partial charge in [0.1, 0.15) is 11.6 Å². The number of hydrogen-bond donors (Lipinski definition) is 2. The maximum Gasteiger partial charge on any atom is 0.126 e. The fourth-order valence-electron chi connectivity index (χ4n) is 2.21. The molecule has 2 N–H and O–H groups in total. The number of hydrogen-bond acceptors (Lipinski definition) is 3. The first-order valence-corrected chi connectivity index (χ1v) is 7.63. The largest absolute Gasteiger partial charge is 0.389 e. The standard InChI is InChI=1S/C14H19F2NOS/c1-10(11-6-12(15)8-13(16)7-11)17-9-14(18)2-4-19-5-3-14/h6-8,10,17-18H,2-5,9H2,1H3. The van der Waals surface area contributed by atoms with E-state index in [0.29, 0.717) is 12.1 Å². The topological polar surface area (TPSA) is 32.3 Å². The third-order valence-electron chi connectivity index (χ3n) is 3.55. The molecule has 1 aromatic rings. The molecule has 0 aliphatic carbocycles. The average Bonchev–Trinajstić information content (AvgIpc) is 2.36. The van der Waals surface area contributed by atoms with Crippen molar-refractivity contribution in [3.63, 3.8) is 0 Å². The van der Waals surface area contributed by atoms with Crippen LogP contribution in [0.1, 0.15) is 31.4 Å². The lowest BCUT2D eigenvalue weighted by Gasteiger charge is -2.33. The van der Waals surface area contributed by atoms with E-state index < -0.39 is 17.2 Å². The van der Waals surface area contributed by atoms with Crippen LogP contribution < -0.4 is 5.32 Å². The first kappa shape index (κ1) is 14.8. The van der Waals surface area contributed by atoms with Crippen molar-refractivity contribution in [3.8, 4) is 0 Å². The summed E-state index contributed by atoms with van der Waals surface area (Å²) in [5, 5.41) is 13.5. The maximum absolute atomic E-state index is 13.1. The van der Waals surface area contributed by atoms with Crippen molar-refractivity contribution in [1.29, 1.82) is 0 Å². The van der Waals surface area contributed by atoms with E-state index in [0.717, 1.165) is 30.4 Å². The van der Waals surface area contributed by atoms with Gasteiger partial charge in [-0.25, -0.2) is 8.78 Å². The van der Waals surface area contributed by atoms with Gasteiger partial charge in [0.2, 0.25) is 0 Å². The van der Waals surface area contributed by atoms with Crippen molar-refractivity contribution >= 4 is 11.8 Å². The van der Waals surface area contributed by atoms with E-state index in [1.165, 1.54) is 12.1 Å². The van der Waals surface area contributed by atoms with Gasteiger partial charge in [0, 0.05) is 18.7 Å². The van der Waals surface area contributed by atoms with E-state index in [1.54, 1.807) is 0 Å². The number of benzene rings is 1. The Kier molecular flexibility index (Phi) is 4.81. The SMILES string of the molecule is CC(NCC1(O)CCSCC1)c1cc(F)cc(F)c1. The molecule has 1 atom stereocenters. The van der Waals surface area contributed by atoms with Gasteiger partial charge in [0.05, 0.1) is 5.60 Å². The Bertz CT molecular complexity index is 415. The Labute approximate surface area is 116 Å². The van der Waals surface area contributed by atoms with Crippen LogP contribution in [-0.4, -0.2) is 28.8 Å². The van der Waals surface area contributed by atoms with E-state index in [4.69, 9.17) is 0 Å². The Hall–Kier alpha value is -0.650. The molecular weight excluding hydrogens is 268 g/mol. The van der Waals surface area contributed by atoms with Gasteiger partial charge in [-0.15, -0.1) is 0 Å². The molecule has 1 aliphatic heterocycles. The Morgan fingerprint density at radius 1 is 1.26 bits per heavy atom. The summed E-state index contributed by atoms with van der Waals surface area (Å²) in [6, 6.07) is 3.31. The van der Waals surface area contributed by atoms with Crippen molar-refractivity contribution in [3.05, 3.63) is 35.4 Å². The number of aliphatic hydroxyl groups is 1. The molecule has 2 nitrogen and oxygen atoms in total. The van der Waals surface area contributed by atoms with Gasteiger partial charge in [0.15, 0.2) is 0 Å². The van der Waals surface area contributed by atoms with E-state index in [-0.39, 0.29) is 6.04 Å². The van der Waals surface area contributed by atoms with Gasteiger partial charge >= 0.3 is 0 Å². The molecule has 0 saturated carbocycles. The quantitative estimate of drug-likeness (QED) is 0.893. The Morgan fingerprint density at radius 3 is 2.42 bits per heavy atom. The second-order valence-corrected chi connectivity index (χ2v) is 6.37. The predicted molar refractivity (Wildman–Crippen MR) is 74.3 cm³/mol. The number of rotatable bonds is 4. The molecule has 19 heavy (non-hydrogen) atoms. The molecule has 106 valence electrons. The lowest BCUT2D eigenvalue weighted by molar-refractivity contribution is 0.0300. The van der Waals surface area contributed by atoms with Crippen LogP contribution in [0.4, 0.5) is 8.78 Å². The van der Waals surface area contributed by atoms with Crippen LogP contribution >= 0.6 is 11.8 Å². The summed E-state index contributed by atoms with van der Waals surface area (Å²) in [6.45, 7) is 2.29. The fraction of sp³-hybridized carbons (Fsp3) is 0.571. The minimum atomic E-state index is -0.689. The molecule has 0 amide bonds. The summed E-state index contributed by atoms with van der Waals surface area (Å²) in [4.78, 5) is 0. The molecule has 1 saturated heterocycles. The van der Waals surface area contributed by atoms with Crippen LogP contribution in [0, 0.1) is 11.6 Å². The third kappa shape index (κ3) is 4.16. The summed E-state index contributed by atoms with van der Waals surface area (Å²) < 4.78 is 26.3. The van der Waals surface area contributed by atoms with Crippen LogP contribution in [-0.2, 0) is 0 Å². The first-order valence-electron chi connectivity index (χ1n) is 6.48. The molecule has 2 rings (SSSR count). The fourth-order valence-corrected chi connectivity index (χ4v) is 3.47. The Morgan fingerprint density at radius 2 is 1.84 bits per heavy atom. The van der Waals surface area contributed by atoms with Gasteiger partial charge in [-0.1, -0.05) is 0 Å². The number of nitrogens with one attached hydrogen (secondary N) is 1. The predicted octanol–water partition coefficient (Wildman–Crippen LogP) is 2.87. The molecule has 0 bridgehead atoms. The number of thioether (sulfide) groups is 1. The molecule has 0 aromatic heterocycles. The van der Waals surface area contributed by atoms with Gasteiger partial charge in [-0.05, 0) is 49.0 Å². The molecule has 0 radical (unpaired) electrons. The lowest BCUT2D eigenvalue weighted by Crippen LogP contribution is -2.44. The highest BCUT2D eigenvalue weighted by molar-refractivity contribution is 7.99. The molecule has 1 aliphatic rings. The van der Waals surface area contributed by atoms with E-state index in [9.17, 15) is 13.9 Å². The maximum atomic E-state index is 13.1. The zero-order valence-corrected chi connectivity index (χ0v) is 11.8. The lowest BCUT2D eigenvalue weighted by atomic mass is 9.96. The monoisotopic (exact) mass is 287 g/mol. The van der Waals surface area contributed by atoms with Crippen molar-refractivity contribution in [1.82, 2.24) is 5.32 Å². The highest BCUT2D eigenvalue weighted by Gasteiger charge is 2.29. The van der Waals surface area contributed by atoms with Crippen LogP contribution in [0.25, 0.3) is 0 Å². The van der Waals surface area contributed by atoms with Gasteiger partial charge in [0.25, 0.3) is 0 Å². The molecule has 1 fully saturated rings. The van der Waals surface area contributed by atoms with E-state index in [2.05, 4.69) is 5.32 Å². The van der Waals surface area contributed by atoms with Crippen molar-refractivity contribution in [2.75, 3.05) is 18.1 Å². The zero-order valence-electron chi connectivity index (χ0n) is 11.0. The molecular formula is C14H19F2NOS. The van der Waals surface area contributed by atoms with E-state index >= 15 is 0 Å². The highest BCUT2D eigenvalue weighted by Crippen LogP contribution is 2.27. The van der Waals surface area contributed by atoms with Crippen molar-refractivity contribution in [2.45, 2.75) is 31.4 Å². The van der Waals surface area contributed by atoms with Gasteiger partial charge in [-0.2, -0.15) is 11.8 Å². The van der Waals surface area contributed by atoms with Crippen LogP contribution in [0.3, 0.4) is 0 Å². The summed E-state index contributed by atoms with van der Waals surface area (Å²) >= 11 is 1.84. The normalized spacial score (nSPS) is 20.2. The molecule has 1 heterocycles. The second kappa shape index (κ2) is 6.20. The molecule has 0 spiro atoms. The Balaban J connectivity index is 1.95. The summed E-state index contributed by atoms with van der Waals surface area (Å²) in [5.41, 5.74) is -0.128. The zero-order chi connectivity index (χ0) is 13.9. The minimum Gasteiger partial charge on any atom is -0.389 e. The summed E-state index contributed by atoms with van der Waals surface area (Å²) in [5.74, 6) is 0.773. The van der Waals surface area contributed by atoms with Crippen molar-refractivity contribution < 1.29 is 13.9 Å². The average molecular weight is 287 g/mol. The summed E-state index contributed by atoms with van der Waals surface area (Å²) in [7, 11) is 0. The third-order valence-corrected chi connectivity index (χ3v) is 4.53. The highest BCUT2D eigenvalue weighted by atomic mass is 32.2. The van der Waals surface area contributed by atoms with Gasteiger partial charge in [-0.3, -0.25) is 0 Å².